The normalized spacial score (nSPS) is 12.5. The fraction of sp³-hybridized carbons (Fsp3) is 0.250. The molecule has 0 spiro atoms. The summed E-state index contributed by atoms with van der Waals surface area (Å²) < 4.78 is 15.5. The summed E-state index contributed by atoms with van der Waals surface area (Å²) in [5, 5.41) is 9.13. The zero-order valence-electron chi connectivity index (χ0n) is 6.90. The SMILES string of the molecule is Cc1cc(O)cc(OS(C)=O)c1. The van der Waals surface area contributed by atoms with Gasteiger partial charge in [0.15, 0.2) is 0 Å². The molecule has 1 aromatic rings. The summed E-state index contributed by atoms with van der Waals surface area (Å²) in [6.45, 7) is 1.82. The lowest BCUT2D eigenvalue weighted by Crippen LogP contribution is -1.96. The molecule has 1 N–H and O–H groups in total. The molecule has 4 heteroatoms. The second kappa shape index (κ2) is 3.58. The van der Waals surface area contributed by atoms with Gasteiger partial charge in [0.25, 0.3) is 0 Å². The second-order valence-corrected chi connectivity index (χ2v) is 3.46. The van der Waals surface area contributed by atoms with Gasteiger partial charge in [0, 0.05) is 12.3 Å². The molecule has 0 amide bonds. The van der Waals surface area contributed by atoms with E-state index in [0.717, 1.165) is 5.56 Å². The maximum atomic E-state index is 10.6. The Balaban J connectivity index is 2.93. The first-order chi connectivity index (χ1) is 5.58. The molecule has 12 heavy (non-hydrogen) atoms. The Hall–Kier alpha value is -1.03. The fourth-order valence-corrected chi connectivity index (χ4v) is 1.28. The number of hydrogen-bond donors (Lipinski definition) is 1. The molecular formula is C8H10O3S. The molecule has 1 aromatic carbocycles. The summed E-state index contributed by atoms with van der Waals surface area (Å²) in [4.78, 5) is 0. The van der Waals surface area contributed by atoms with Crippen LogP contribution in [0.3, 0.4) is 0 Å². The van der Waals surface area contributed by atoms with Crippen LogP contribution in [0.2, 0.25) is 0 Å². The zero-order chi connectivity index (χ0) is 9.14. The van der Waals surface area contributed by atoms with Crippen molar-refractivity contribution >= 4 is 11.1 Å². The van der Waals surface area contributed by atoms with Gasteiger partial charge < -0.3 is 9.29 Å². The Labute approximate surface area is 73.7 Å². The molecule has 3 nitrogen and oxygen atoms in total. The summed E-state index contributed by atoms with van der Waals surface area (Å²) in [5.41, 5.74) is 0.871. The quantitative estimate of drug-likeness (QED) is 0.758. The third-order valence-corrected chi connectivity index (χ3v) is 1.68. The monoisotopic (exact) mass is 186 g/mol. The third kappa shape index (κ3) is 2.54. The molecule has 0 aliphatic rings. The van der Waals surface area contributed by atoms with E-state index in [0.29, 0.717) is 5.75 Å². The zero-order valence-corrected chi connectivity index (χ0v) is 7.72. The van der Waals surface area contributed by atoms with E-state index in [1.807, 2.05) is 6.92 Å². The molecule has 0 saturated heterocycles. The predicted octanol–water partition coefficient (Wildman–Crippen LogP) is 1.37. The van der Waals surface area contributed by atoms with E-state index in [-0.39, 0.29) is 5.75 Å². The van der Waals surface area contributed by atoms with Crippen LogP contribution < -0.4 is 4.18 Å². The third-order valence-electron chi connectivity index (χ3n) is 1.25. The molecule has 0 saturated carbocycles. The number of phenolic OH excluding ortho intramolecular Hbond substituents is 1. The van der Waals surface area contributed by atoms with Crippen molar-refractivity contribution in [1.29, 1.82) is 0 Å². The average Bonchev–Trinajstić information content (AvgIpc) is 1.81. The van der Waals surface area contributed by atoms with Crippen LogP contribution in [-0.2, 0) is 11.1 Å². The molecular weight excluding hydrogens is 176 g/mol. The first kappa shape index (κ1) is 9.06. The number of aryl methyl sites for hydroxylation is 1. The van der Waals surface area contributed by atoms with Crippen LogP contribution in [0.1, 0.15) is 5.56 Å². The van der Waals surface area contributed by atoms with Crippen molar-refractivity contribution in [2.24, 2.45) is 0 Å². The maximum absolute atomic E-state index is 10.6. The van der Waals surface area contributed by atoms with Gasteiger partial charge in [-0.15, -0.1) is 0 Å². The summed E-state index contributed by atoms with van der Waals surface area (Å²) in [5.74, 6) is 0.545. The molecule has 0 aliphatic carbocycles. The molecule has 0 aliphatic heterocycles. The smallest absolute Gasteiger partial charge is 0.203 e. The van der Waals surface area contributed by atoms with Gasteiger partial charge in [0.2, 0.25) is 11.1 Å². The van der Waals surface area contributed by atoms with Gasteiger partial charge in [-0.3, -0.25) is 0 Å². The van der Waals surface area contributed by atoms with E-state index in [1.54, 1.807) is 12.1 Å². The van der Waals surface area contributed by atoms with Crippen molar-refractivity contribution in [2.75, 3.05) is 6.26 Å². The van der Waals surface area contributed by atoms with Crippen LogP contribution in [0.25, 0.3) is 0 Å². The van der Waals surface area contributed by atoms with E-state index in [2.05, 4.69) is 0 Å². The minimum absolute atomic E-state index is 0.121. The highest BCUT2D eigenvalue weighted by Gasteiger charge is 1.99. The van der Waals surface area contributed by atoms with Crippen molar-refractivity contribution in [3.63, 3.8) is 0 Å². The molecule has 0 bridgehead atoms. The minimum atomic E-state index is -1.34. The van der Waals surface area contributed by atoms with E-state index < -0.39 is 11.1 Å². The Bertz CT molecular complexity index is 289. The van der Waals surface area contributed by atoms with Crippen LogP contribution in [0.15, 0.2) is 18.2 Å². The van der Waals surface area contributed by atoms with Crippen LogP contribution >= 0.6 is 0 Å². The molecule has 0 aromatic heterocycles. The van der Waals surface area contributed by atoms with Gasteiger partial charge in [0.05, 0.1) is 0 Å². The summed E-state index contributed by atoms with van der Waals surface area (Å²) in [6, 6.07) is 4.74. The van der Waals surface area contributed by atoms with E-state index in [1.165, 1.54) is 12.3 Å². The number of rotatable bonds is 2. The molecule has 66 valence electrons. The molecule has 0 fully saturated rings. The van der Waals surface area contributed by atoms with E-state index in [9.17, 15) is 4.21 Å². The van der Waals surface area contributed by atoms with Crippen molar-refractivity contribution in [2.45, 2.75) is 6.92 Å². The first-order valence-electron chi connectivity index (χ1n) is 3.40. The number of aromatic hydroxyl groups is 1. The van der Waals surface area contributed by atoms with Crippen molar-refractivity contribution in [3.8, 4) is 11.5 Å². The summed E-state index contributed by atoms with van der Waals surface area (Å²) in [7, 11) is 0. The highest BCUT2D eigenvalue weighted by Crippen LogP contribution is 2.21. The van der Waals surface area contributed by atoms with Crippen LogP contribution in [0.5, 0.6) is 11.5 Å². The van der Waals surface area contributed by atoms with Gasteiger partial charge in [0.1, 0.15) is 11.5 Å². The topological polar surface area (TPSA) is 46.5 Å². The van der Waals surface area contributed by atoms with Gasteiger partial charge in [-0.25, -0.2) is 4.21 Å². The van der Waals surface area contributed by atoms with E-state index >= 15 is 0 Å². The van der Waals surface area contributed by atoms with Crippen molar-refractivity contribution < 1.29 is 13.5 Å². The molecule has 0 heterocycles. The molecule has 0 radical (unpaired) electrons. The predicted molar refractivity (Wildman–Crippen MR) is 47.5 cm³/mol. The summed E-state index contributed by atoms with van der Waals surface area (Å²) in [6.07, 6.45) is 1.43. The largest absolute Gasteiger partial charge is 0.508 e. The summed E-state index contributed by atoms with van der Waals surface area (Å²) >= 11 is -1.34. The van der Waals surface area contributed by atoms with Crippen LogP contribution in [0, 0.1) is 6.92 Å². The maximum Gasteiger partial charge on any atom is 0.203 e. The average molecular weight is 186 g/mol. The molecule has 1 atom stereocenters. The fourth-order valence-electron chi connectivity index (χ4n) is 0.912. The van der Waals surface area contributed by atoms with Gasteiger partial charge >= 0.3 is 0 Å². The van der Waals surface area contributed by atoms with Gasteiger partial charge in [-0.05, 0) is 24.6 Å². The number of phenols is 1. The minimum Gasteiger partial charge on any atom is -0.508 e. The Morgan fingerprint density at radius 1 is 1.42 bits per heavy atom. The lowest BCUT2D eigenvalue weighted by molar-refractivity contribution is 0.470. The Morgan fingerprint density at radius 3 is 2.58 bits per heavy atom. The Morgan fingerprint density at radius 2 is 2.08 bits per heavy atom. The number of benzene rings is 1. The lowest BCUT2D eigenvalue weighted by Gasteiger charge is -2.02. The van der Waals surface area contributed by atoms with E-state index in [4.69, 9.17) is 9.29 Å². The molecule has 1 rings (SSSR count). The van der Waals surface area contributed by atoms with Crippen LogP contribution in [-0.4, -0.2) is 15.6 Å². The standard InChI is InChI=1S/C8H10O3S/c1-6-3-7(9)5-8(4-6)11-12(2)10/h3-5,9H,1-2H3. The van der Waals surface area contributed by atoms with Gasteiger partial charge in [-0.1, -0.05) is 0 Å². The highest BCUT2D eigenvalue weighted by molar-refractivity contribution is 7.79. The number of hydrogen-bond acceptors (Lipinski definition) is 3. The first-order valence-corrected chi connectivity index (χ1v) is 4.88. The molecule has 1 unspecified atom stereocenters. The van der Waals surface area contributed by atoms with Gasteiger partial charge in [-0.2, -0.15) is 0 Å². The van der Waals surface area contributed by atoms with Crippen molar-refractivity contribution in [1.82, 2.24) is 0 Å². The van der Waals surface area contributed by atoms with Crippen molar-refractivity contribution in [3.05, 3.63) is 23.8 Å². The van der Waals surface area contributed by atoms with Crippen LogP contribution in [0.4, 0.5) is 0 Å². The lowest BCUT2D eigenvalue weighted by atomic mass is 10.2. The highest BCUT2D eigenvalue weighted by atomic mass is 32.2. The Kier molecular flexibility index (Phi) is 2.70. The second-order valence-electron chi connectivity index (χ2n) is 2.49.